The number of aromatic amines is 1. The maximum Gasteiger partial charge on any atom is 0.242 e. The van der Waals surface area contributed by atoms with Crippen molar-refractivity contribution in [1.29, 1.82) is 0 Å². The summed E-state index contributed by atoms with van der Waals surface area (Å²) >= 11 is 6.95. The molecule has 1 N–H and O–H groups in total. The number of aryl methyl sites for hydroxylation is 1. The Kier molecular flexibility index (Phi) is 6.43. The standard InChI is InChI=1S/C22H24N6OS2/c1-3-8-19-23-24-22(30)27(19)15-20(29)26(2)13-16-14-28(17-9-5-4-6-10-17)25-21(16)18-11-7-12-31-18/h4-7,9-12,14H,3,8,13,15H2,1-2H3,(H,24,30). The summed E-state index contributed by atoms with van der Waals surface area (Å²) in [5.41, 5.74) is 2.87. The molecule has 0 fully saturated rings. The third-order valence-electron chi connectivity index (χ3n) is 5.00. The zero-order valence-corrected chi connectivity index (χ0v) is 19.1. The maximum absolute atomic E-state index is 13.0. The van der Waals surface area contributed by atoms with Gasteiger partial charge in [-0.15, -0.1) is 11.3 Å². The molecule has 9 heteroatoms. The molecule has 160 valence electrons. The summed E-state index contributed by atoms with van der Waals surface area (Å²) < 4.78 is 4.13. The third-order valence-corrected chi connectivity index (χ3v) is 6.19. The lowest BCUT2D eigenvalue weighted by molar-refractivity contribution is -0.131. The van der Waals surface area contributed by atoms with Gasteiger partial charge in [0.05, 0.1) is 10.6 Å². The van der Waals surface area contributed by atoms with Crippen LogP contribution in [0.3, 0.4) is 0 Å². The molecule has 31 heavy (non-hydrogen) atoms. The number of carbonyl (C=O) groups is 1. The van der Waals surface area contributed by atoms with Crippen LogP contribution in [-0.2, 0) is 24.3 Å². The van der Waals surface area contributed by atoms with Gasteiger partial charge < -0.3 is 4.90 Å². The summed E-state index contributed by atoms with van der Waals surface area (Å²) in [6, 6.07) is 14.0. The Labute approximate surface area is 190 Å². The van der Waals surface area contributed by atoms with Crippen LogP contribution >= 0.6 is 23.6 Å². The predicted octanol–water partition coefficient (Wildman–Crippen LogP) is 4.47. The minimum atomic E-state index is -0.0283. The van der Waals surface area contributed by atoms with E-state index >= 15 is 0 Å². The highest BCUT2D eigenvalue weighted by Crippen LogP contribution is 2.28. The molecule has 7 nitrogen and oxygen atoms in total. The van der Waals surface area contributed by atoms with Crippen molar-refractivity contribution in [2.24, 2.45) is 0 Å². The van der Waals surface area contributed by atoms with Crippen molar-refractivity contribution in [3.63, 3.8) is 0 Å². The van der Waals surface area contributed by atoms with Crippen molar-refractivity contribution in [1.82, 2.24) is 29.4 Å². The number of rotatable bonds is 8. The van der Waals surface area contributed by atoms with Gasteiger partial charge in [-0.1, -0.05) is 31.2 Å². The number of amides is 1. The van der Waals surface area contributed by atoms with Crippen molar-refractivity contribution in [3.8, 4) is 16.3 Å². The van der Waals surface area contributed by atoms with Crippen LogP contribution in [0.5, 0.6) is 0 Å². The predicted molar refractivity (Wildman–Crippen MR) is 125 cm³/mol. The zero-order valence-electron chi connectivity index (χ0n) is 17.5. The molecule has 1 amide bonds. The first kappa shape index (κ1) is 21.2. The number of nitrogens with zero attached hydrogens (tertiary/aromatic N) is 5. The first-order chi connectivity index (χ1) is 15.1. The van der Waals surface area contributed by atoms with E-state index in [1.807, 2.05) is 59.7 Å². The second-order valence-corrected chi connectivity index (χ2v) is 8.63. The van der Waals surface area contributed by atoms with Crippen LogP contribution < -0.4 is 0 Å². The highest BCUT2D eigenvalue weighted by molar-refractivity contribution is 7.71. The van der Waals surface area contributed by atoms with Crippen molar-refractivity contribution < 1.29 is 4.79 Å². The molecule has 0 atom stereocenters. The Morgan fingerprint density at radius 3 is 2.74 bits per heavy atom. The number of para-hydroxylation sites is 1. The molecule has 0 saturated heterocycles. The van der Waals surface area contributed by atoms with E-state index in [-0.39, 0.29) is 12.5 Å². The molecule has 0 aliphatic rings. The van der Waals surface area contributed by atoms with Crippen LogP contribution in [0, 0.1) is 4.77 Å². The summed E-state index contributed by atoms with van der Waals surface area (Å²) in [6.07, 6.45) is 3.71. The normalized spacial score (nSPS) is 11.0. The number of carbonyl (C=O) groups excluding carboxylic acids is 1. The molecular weight excluding hydrogens is 428 g/mol. The topological polar surface area (TPSA) is 71.7 Å². The van der Waals surface area contributed by atoms with Crippen molar-refractivity contribution in [2.45, 2.75) is 32.9 Å². The molecule has 1 aromatic carbocycles. The lowest BCUT2D eigenvalue weighted by atomic mass is 10.2. The highest BCUT2D eigenvalue weighted by atomic mass is 32.1. The van der Waals surface area contributed by atoms with Crippen LogP contribution in [0.1, 0.15) is 24.7 Å². The molecule has 0 bridgehead atoms. The molecule has 0 unspecified atom stereocenters. The van der Waals surface area contributed by atoms with Gasteiger partial charge in [-0.05, 0) is 42.2 Å². The second kappa shape index (κ2) is 9.40. The monoisotopic (exact) mass is 452 g/mol. The Hall–Kier alpha value is -3.04. The number of H-pyrrole nitrogens is 1. The molecule has 0 aliphatic heterocycles. The van der Waals surface area contributed by atoms with Crippen LogP contribution in [0.4, 0.5) is 0 Å². The number of hydrogen-bond donors (Lipinski definition) is 1. The van der Waals surface area contributed by atoms with Crippen LogP contribution in [-0.4, -0.2) is 42.4 Å². The fourth-order valence-corrected chi connectivity index (χ4v) is 4.35. The van der Waals surface area contributed by atoms with Crippen molar-refractivity contribution in [3.05, 3.63) is 70.2 Å². The number of thiophene rings is 1. The lowest BCUT2D eigenvalue weighted by Gasteiger charge is -2.18. The summed E-state index contributed by atoms with van der Waals surface area (Å²) in [4.78, 5) is 15.8. The van der Waals surface area contributed by atoms with Crippen molar-refractivity contribution >= 4 is 29.5 Å². The molecule has 0 spiro atoms. The minimum Gasteiger partial charge on any atom is -0.340 e. The van der Waals surface area contributed by atoms with Gasteiger partial charge in [-0.2, -0.15) is 10.2 Å². The Balaban J connectivity index is 1.58. The van der Waals surface area contributed by atoms with Gasteiger partial charge in [-0.25, -0.2) is 4.68 Å². The van der Waals surface area contributed by atoms with Gasteiger partial charge in [-0.3, -0.25) is 14.5 Å². The first-order valence-electron chi connectivity index (χ1n) is 10.1. The second-order valence-electron chi connectivity index (χ2n) is 7.29. The van der Waals surface area contributed by atoms with E-state index in [0.29, 0.717) is 11.3 Å². The molecule has 0 aliphatic carbocycles. The number of hydrogen-bond acceptors (Lipinski definition) is 5. The summed E-state index contributed by atoms with van der Waals surface area (Å²) in [6.45, 7) is 2.70. The van der Waals surface area contributed by atoms with Gasteiger partial charge in [0, 0.05) is 31.8 Å². The average Bonchev–Trinajstić information content (AvgIpc) is 3.51. The van der Waals surface area contributed by atoms with Crippen molar-refractivity contribution in [2.75, 3.05) is 7.05 Å². The Morgan fingerprint density at radius 2 is 2.03 bits per heavy atom. The van der Waals surface area contributed by atoms with Crippen LogP contribution in [0.15, 0.2) is 54.0 Å². The van der Waals surface area contributed by atoms with Gasteiger partial charge >= 0.3 is 0 Å². The molecule has 0 saturated carbocycles. The number of benzene rings is 1. The molecule has 4 rings (SSSR count). The molecule has 3 aromatic heterocycles. The van der Waals surface area contributed by atoms with Crippen LogP contribution in [0.25, 0.3) is 16.3 Å². The van der Waals surface area contributed by atoms with E-state index in [2.05, 4.69) is 23.2 Å². The fraction of sp³-hybridized carbons (Fsp3) is 0.273. The SMILES string of the molecule is CCCc1n[nH]c(=S)n1CC(=O)N(C)Cc1cn(-c2ccccc2)nc1-c1cccs1. The highest BCUT2D eigenvalue weighted by Gasteiger charge is 2.19. The van der Waals surface area contributed by atoms with Gasteiger partial charge in [0.1, 0.15) is 18.1 Å². The van der Waals surface area contributed by atoms with Gasteiger partial charge in [0.25, 0.3) is 0 Å². The Bertz CT molecular complexity index is 1210. The minimum absolute atomic E-state index is 0.0283. The molecule has 0 radical (unpaired) electrons. The molecule has 4 aromatic rings. The van der Waals surface area contributed by atoms with E-state index in [0.717, 1.165) is 40.5 Å². The zero-order chi connectivity index (χ0) is 21.8. The van der Waals surface area contributed by atoms with E-state index in [9.17, 15) is 4.79 Å². The quantitative estimate of drug-likeness (QED) is 0.401. The molecular formula is C22H24N6OS2. The summed E-state index contributed by atoms with van der Waals surface area (Å²) in [5, 5.41) is 13.9. The number of aromatic nitrogens is 5. The van der Waals surface area contributed by atoms with Crippen LogP contribution in [0.2, 0.25) is 0 Å². The fourth-order valence-electron chi connectivity index (χ4n) is 3.39. The molecule has 3 heterocycles. The van der Waals surface area contributed by atoms with Gasteiger partial charge in [0.2, 0.25) is 5.91 Å². The lowest BCUT2D eigenvalue weighted by Crippen LogP contribution is -2.30. The van der Waals surface area contributed by atoms with E-state index in [1.165, 1.54) is 0 Å². The number of likely N-dealkylation sites (N-methyl/N-ethyl adjacent to an activating group) is 1. The van der Waals surface area contributed by atoms with E-state index in [1.54, 1.807) is 20.8 Å². The van der Waals surface area contributed by atoms with E-state index < -0.39 is 0 Å². The Morgan fingerprint density at radius 1 is 1.23 bits per heavy atom. The first-order valence-corrected chi connectivity index (χ1v) is 11.4. The summed E-state index contributed by atoms with van der Waals surface area (Å²) in [5.74, 6) is 0.782. The average molecular weight is 453 g/mol. The summed E-state index contributed by atoms with van der Waals surface area (Å²) in [7, 11) is 1.81. The van der Waals surface area contributed by atoms with Gasteiger partial charge in [0.15, 0.2) is 4.77 Å². The largest absolute Gasteiger partial charge is 0.340 e. The van der Waals surface area contributed by atoms with E-state index in [4.69, 9.17) is 17.3 Å². The number of nitrogens with one attached hydrogen (secondary N) is 1. The third kappa shape index (κ3) is 4.67. The smallest absolute Gasteiger partial charge is 0.242 e. The maximum atomic E-state index is 13.0.